The summed E-state index contributed by atoms with van der Waals surface area (Å²) in [6.07, 6.45) is 3.83. The van der Waals surface area contributed by atoms with Crippen molar-refractivity contribution in [2.24, 2.45) is 0 Å². The van der Waals surface area contributed by atoms with Crippen LogP contribution < -0.4 is 10.2 Å². The standard InChI is InChI=1S/C19H22N6O3/c26-19(17-12-18(23-28-17)24-8-10-27-11-9-24)22-16(15-4-2-1-3-5-15)6-7-25-14-20-13-21-25/h1-5,12-14,16H,6-11H2,(H,22,26). The maximum atomic E-state index is 12.8. The normalized spacial score (nSPS) is 15.4. The molecule has 1 saturated heterocycles. The summed E-state index contributed by atoms with van der Waals surface area (Å²) in [6, 6.07) is 11.3. The zero-order valence-corrected chi connectivity index (χ0v) is 15.4. The Morgan fingerprint density at radius 2 is 2.04 bits per heavy atom. The summed E-state index contributed by atoms with van der Waals surface area (Å²) in [6.45, 7) is 3.39. The van der Waals surface area contributed by atoms with Crippen LogP contribution in [0.25, 0.3) is 0 Å². The average molecular weight is 382 g/mol. The second-order valence-electron chi connectivity index (χ2n) is 6.53. The first kappa shape index (κ1) is 18.2. The lowest BCUT2D eigenvalue weighted by atomic mass is 10.0. The molecule has 1 unspecified atom stereocenters. The number of hydrogen-bond acceptors (Lipinski definition) is 7. The summed E-state index contributed by atoms with van der Waals surface area (Å²) >= 11 is 0. The highest BCUT2D eigenvalue weighted by Crippen LogP contribution is 2.20. The lowest BCUT2D eigenvalue weighted by molar-refractivity contribution is 0.0895. The number of hydrogen-bond donors (Lipinski definition) is 1. The number of aryl methyl sites for hydroxylation is 1. The number of aromatic nitrogens is 4. The van der Waals surface area contributed by atoms with Crippen molar-refractivity contribution < 1.29 is 14.1 Å². The molecule has 1 aromatic carbocycles. The third-order valence-electron chi connectivity index (χ3n) is 4.68. The number of carbonyl (C=O) groups excluding carboxylic acids is 1. The van der Waals surface area contributed by atoms with Crippen molar-refractivity contribution in [2.75, 3.05) is 31.2 Å². The topological polar surface area (TPSA) is 98.3 Å². The van der Waals surface area contributed by atoms with Gasteiger partial charge in [0.2, 0.25) is 5.76 Å². The summed E-state index contributed by atoms with van der Waals surface area (Å²) in [5.74, 6) is 0.565. The van der Waals surface area contributed by atoms with Crippen LogP contribution in [0.15, 0.2) is 53.6 Å². The Hall–Kier alpha value is -3.20. The van der Waals surface area contributed by atoms with E-state index in [1.165, 1.54) is 6.33 Å². The Morgan fingerprint density at radius 3 is 2.79 bits per heavy atom. The first-order valence-electron chi connectivity index (χ1n) is 9.27. The SMILES string of the molecule is O=C(NC(CCn1cncn1)c1ccccc1)c1cc(N2CCOCC2)no1. The highest BCUT2D eigenvalue weighted by molar-refractivity contribution is 5.92. The van der Waals surface area contributed by atoms with Gasteiger partial charge in [0.15, 0.2) is 5.82 Å². The van der Waals surface area contributed by atoms with Gasteiger partial charge in [-0.1, -0.05) is 35.5 Å². The molecule has 0 bridgehead atoms. The second kappa shape index (κ2) is 8.66. The Balaban J connectivity index is 1.45. The quantitative estimate of drug-likeness (QED) is 0.663. The molecular formula is C19H22N6O3. The molecule has 0 aliphatic carbocycles. The minimum absolute atomic E-state index is 0.185. The summed E-state index contributed by atoms with van der Waals surface area (Å²) in [4.78, 5) is 18.8. The Kier molecular flexibility index (Phi) is 5.62. The molecule has 3 aromatic rings. The van der Waals surface area contributed by atoms with E-state index in [0.717, 1.165) is 18.7 Å². The van der Waals surface area contributed by atoms with E-state index in [4.69, 9.17) is 9.26 Å². The van der Waals surface area contributed by atoms with Crippen molar-refractivity contribution in [3.63, 3.8) is 0 Å². The van der Waals surface area contributed by atoms with Gasteiger partial charge in [-0.3, -0.25) is 9.48 Å². The fourth-order valence-corrected chi connectivity index (χ4v) is 3.16. The number of rotatable bonds is 7. The molecule has 1 N–H and O–H groups in total. The van der Waals surface area contributed by atoms with Crippen molar-refractivity contribution in [1.29, 1.82) is 0 Å². The van der Waals surface area contributed by atoms with E-state index >= 15 is 0 Å². The van der Waals surface area contributed by atoms with Crippen LogP contribution in [0.4, 0.5) is 5.82 Å². The smallest absolute Gasteiger partial charge is 0.290 e. The molecule has 146 valence electrons. The largest absolute Gasteiger partial charge is 0.378 e. The van der Waals surface area contributed by atoms with E-state index in [2.05, 4.69) is 20.6 Å². The minimum atomic E-state index is -0.292. The summed E-state index contributed by atoms with van der Waals surface area (Å²) in [5, 5.41) is 11.2. The maximum absolute atomic E-state index is 12.8. The van der Waals surface area contributed by atoms with E-state index in [-0.39, 0.29) is 17.7 Å². The monoisotopic (exact) mass is 382 g/mol. The fraction of sp³-hybridized carbons (Fsp3) is 0.368. The van der Waals surface area contributed by atoms with E-state index in [1.54, 1.807) is 17.1 Å². The Morgan fingerprint density at radius 1 is 1.21 bits per heavy atom. The predicted molar refractivity (Wildman–Crippen MR) is 101 cm³/mol. The number of benzene rings is 1. The maximum Gasteiger partial charge on any atom is 0.290 e. The van der Waals surface area contributed by atoms with Gasteiger partial charge in [0.25, 0.3) is 5.91 Å². The van der Waals surface area contributed by atoms with E-state index in [9.17, 15) is 4.79 Å². The third-order valence-corrected chi connectivity index (χ3v) is 4.68. The second-order valence-corrected chi connectivity index (χ2v) is 6.53. The lowest BCUT2D eigenvalue weighted by Gasteiger charge is -2.25. The van der Waals surface area contributed by atoms with Crippen LogP contribution >= 0.6 is 0 Å². The van der Waals surface area contributed by atoms with Gasteiger partial charge in [-0.05, 0) is 12.0 Å². The van der Waals surface area contributed by atoms with Crippen molar-refractivity contribution in [3.8, 4) is 0 Å². The van der Waals surface area contributed by atoms with Crippen LogP contribution in [0.2, 0.25) is 0 Å². The molecule has 0 radical (unpaired) electrons. The van der Waals surface area contributed by atoms with Gasteiger partial charge < -0.3 is 19.5 Å². The number of nitrogens with one attached hydrogen (secondary N) is 1. The molecular weight excluding hydrogens is 360 g/mol. The molecule has 4 rings (SSSR count). The van der Waals surface area contributed by atoms with Gasteiger partial charge in [-0.2, -0.15) is 5.10 Å². The molecule has 1 atom stereocenters. The summed E-state index contributed by atoms with van der Waals surface area (Å²) in [5.41, 5.74) is 1.02. The van der Waals surface area contributed by atoms with Crippen LogP contribution in [-0.2, 0) is 11.3 Å². The van der Waals surface area contributed by atoms with E-state index in [1.807, 2.05) is 35.2 Å². The molecule has 2 aromatic heterocycles. The number of nitrogens with zero attached hydrogens (tertiary/aromatic N) is 5. The van der Waals surface area contributed by atoms with Crippen LogP contribution in [0.1, 0.15) is 28.6 Å². The van der Waals surface area contributed by atoms with Crippen molar-refractivity contribution in [2.45, 2.75) is 19.0 Å². The number of carbonyl (C=O) groups is 1. The first-order valence-corrected chi connectivity index (χ1v) is 9.27. The lowest BCUT2D eigenvalue weighted by Crippen LogP contribution is -2.36. The molecule has 9 heteroatoms. The molecule has 28 heavy (non-hydrogen) atoms. The van der Waals surface area contributed by atoms with Crippen molar-refractivity contribution in [1.82, 2.24) is 25.2 Å². The molecule has 3 heterocycles. The summed E-state index contributed by atoms with van der Waals surface area (Å²) < 4.78 is 12.4. The number of ether oxygens (including phenoxy) is 1. The fourth-order valence-electron chi connectivity index (χ4n) is 3.16. The molecule has 0 saturated carbocycles. The number of anilines is 1. The van der Waals surface area contributed by atoms with Crippen LogP contribution in [-0.4, -0.2) is 52.1 Å². The molecule has 1 aliphatic rings. The Labute approximate surface area is 162 Å². The van der Waals surface area contributed by atoms with Gasteiger partial charge in [-0.15, -0.1) is 0 Å². The van der Waals surface area contributed by atoms with Crippen molar-refractivity contribution in [3.05, 3.63) is 60.4 Å². The Bertz CT molecular complexity index is 874. The molecule has 1 fully saturated rings. The van der Waals surface area contributed by atoms with E-state index in [0.29, 0.717) is 32.0 Å². The van der Waals surface area contributed by atoms with Crippen LogP contribution in [0.3, 0.4) is 0 Å². The molecule has 1 amide bonds. The van der Waals surface area contributed by atoms with Crippen LogP contribution in [0, 0.1) is 0 Å². The zero-order valence-electron chi connectivity index (χ0n) is 15.4. The van der Waals surface area contributed by atoms with Gasteiger partial charge >= 0.3 is 0 Å². The van der Waals surface area contributed by atoms with Gasteiger partial charge in [0.05, 0.1) is 19.3 Å². The van der Waals surface area contributed by atoms with Gasteiger partial charge in [-0.25, -0.2) is 4.98 Å². The average Bonchev–Trinajstić information content (AvgIpc) is 3.44. The molecule has 1 aliphatic heterocycles. The van der Waals surface area contributed by atoms with Crippen LogP contribution in [0.5, 0.6) is 0 Å². The molecule has 0 spiro atoms. The van der Waals surface area contributed by atoms with Crippen molar-refractivity contribution >= 4 is 11.7 Å². The van der Waals surface area contributed by atoms with Gasteiger partial charge in [0, 0.05) is 25.7 Å². The number of amides is 1. The zero-order chi connectivity index (χ0) is 19.2. The highest BCUT2D eigenvalue weighted by atomic mass is 16.5. The number of morpholine rings is 1. The minimum Gasteiger partial charge on any atom is -0.378 e. The van der Waals surface area contributed by atoms with Gasteiger partial charge in [0.1, 0.15) is 12.7 Å². The first-order chi connectivity index (χ1) is 13.8. The highest BCUT2D eigenvalue weighted by Gasteiger charge is 2.22. The molecule has 9 nitrogen and oxygen atoms in total. The third kappa shape index (κ3) is 4.37. The summed E-state index contributed by atoms with van der Waals surface area (Å²) in [7, 11) is 0. The van der Waals surface area contributed by atoms with E-state index < -0.39 is 0 Å². The predicted octanol–water partition coefficient (Wildman–Crippen LogP) is 1.66.